The zero-order valence-corrected chi connectivity index (χ0v) is 10.3. The molecule has 1 N–H and O–H groups in total. The van der Waals surface area contributed by atoms with Crippen molar-refractivity contribution in [3.05, 3.63) is 59.9 Å². The summed E-state index contributed by atoms with van der Waals surface area (Å²) in [6.07, 6.45) is 3.79. The zero-order chi connectivity index (χ0) is 13.2. The van der Waals surface area contributed by atoms with Gasteiger partial charge in [-0.25, -0.2) is 9.37 Å². The summed E-state index contributed by atoms with van der Waals surface area (Å²) < 4.78 is 25.7. The fourth-order valence-electron chi connectivity index (χ4n) is 2.21. The molecule has 0 saturated heterocycles. The number of hydrogen-bond donors (Lipinski definition) is 1. The first-order valence-electron chi connectivity index (χ1n) is 6.36. The summed E-state index contributed by atoms with van der Waals surface area (Å²) in [6, 6.07) is 9.65. The summed E-state index contributed by atoms with van der Waals surface area (Å²) in [5.41, 5.74) is 1.83. The first-order valence-corrected chi connectivity index (χ1v) is 6.36. The van der Waals surface area contributed by atoms with Crippen molar-refractivity contribution in [1.82, 2.24) is 4.98 Å². The SMILES string of the molecule is Fc1ccc(C(Nc2ccc(F)nc2)C2CC2)cc1. The van der Waals surface area contributed by atoms with Gasteiger partial charge in [-0.1, -0.05) is 12.1 Å². The van der Waals surface area contributed by atoms with Crippen LogP contribution in [-0.2, 0) is 0 Å². The van der Waals surface area contributed by atoms with Gasteiger partial charge in [-0.3, -0.25) is 0 Å². The Morgan fingerprint density at radius 3 is 2.37 bits per heavy atom. The second kappa shape index (κ2) is 4.96. The van der Waals surface area contributed by atoms with E-state index in [1.807, 2.05) is 0 Å². The largest absolute Gasteiger partial charge is 0.377 e. The van der Waals surface area contributed by atoms with E-state index in [9.17, 15) is 8.78 Å². The summed E-state index contributed by atoms with van der Waals surface area (Å²) in [5.74, 6) is -0.174. The van der Waals surface area contributed by atoms with Gasteiger partial charge >= 0.3 is 0 Å². The van der Waals surface area contributed by atoms with Crippen LogP contribution in [0.3, 0.4) is 0 Å². The molecule has 1 unspecified atom stereocenters. The van der Waals surface area contributed by atoms with E-state index in [1.54, 1.807) is 18.2 Å². The summed E-state index contributed by atoms with van der Waals surface area (Å²) >= 11 is 0. The molecule has 1 aromatic heterocycles. The van der Waals surface area contributed by atoms with Crippen LogP contribution in [0.4, 0.5) is 14.5 Å². The standard InChI is InChI=1S/C15H14F2N2/c16-12-5-3-11(4-6-12)15(10-1-2-10)19-13-7-8-14(17)18-9-13/h3-10,15,19H,1-2H2. The third-order valence-electron chi connectivity index (χ3n) is 3.37. The first-order chi connectivity index (χ1) is 9.22. The third kappa shape index (κ3) is 2.89. The minimum absolute atomic E-state index is 0.132. The Bertz CT molecular complexity index is 547. The number of nitrogens with one attached hydrogen (secondary N) is 1. The summed E-state index contributed by atoms with van der Waals surface area (Å²) in [6.45, 7) is 0. The van der Waals surface area contributed by atoms with Crippen LogP contribution in [-0.4, -0.2) is 4.98 Å². The fourth-order valence-corrected chi connectivity index (χ4v) is 2.21. The van der Waals surface area contributed by atoms with Crippen LogP contribution in [0.2, 0.25) is 0 Å². The minimum Gasteiger partial charge on any atom is -0.377 e. The number of nitrogens with zero attached hydrogens (tertiary/aromatic N) is 1. The highest BCUT2D eigenvalue weighted by molar-refractivity contribution is 5.44. The Balaban J connectivity index is 1.81. The molecule has 1 aliphatic carbocycles. The van der Waals surface area contributed by atoms with Crippen molar-refractivity contribution in [2.45, 2.75) is 18.9 Å². The predicted molar refractivity (Wildman–Crippen MR) is 69.7 cm³/mol. The van der Waals surface area contributed by atoms with E-state index in [2.05, 4.69) is 10.3 Å². The van der Waals surface area contributed by atoms with Gasteiger partial charge in [-0.2, -0.15) is 4.39 Å². The molecule has 0 spiro atoms. The van der Waals surface area contributed by atoms with Gasteiger partial charge in [0.15, 0.2) is 0 Å². The lowest BCUT2D eigenvalue weighted by Crippen LogP contribution is -2.13. The first kappa shape index (κ1) is 12.1. The van der Waals surface area contributed by atoms with Crippen LogP contribution >= 0.6 is 0 Å². The van der Waals surface area contributed by atoms with Crippen LogP contribution in [0, 0.1) is 17.7 Å². The van der Waals surface area contributed by atoms with Gasteiger partial charge in [0, 0.05) is 0 Å². The second-order valence-electron chi connectivity index (χ2n) is 4.88. The lowest BCUT2D eigenvalue weighted by atomic mass is 10.0. The zero-order valence-electron chi connectivity index (χ0n) is 10.3. The van der Waals surface area contributed by atoms with Crippen LogP contribution in [0.1, 0.15) is 24.4 Å². The highest BCUT2D eigenvalue weighted by Gasteiger charge is 2.32. The average molecular weight is 260 g/mol. The Kier molecular flexibility index (Phi) is 3.15. The number of benzene rings is 1. The summed E-state index contributed by atoms with van der Waals surface area (Å²) in [5, 5.41) is 3.35. The molecule has 2 aromatic rings. The van der Waals surface area contributed by atoms with Crippen molar-refractivity contribution < 1.29 is 8.78 Å². The summed E-state index contributed by atoms with van der Waals surface area (Å²) in [7, 11) is 0. The molecule has 1 saturated carbocycles. The molecule has 1 atom stereocenters. The number of halogens is 2. The molecule has 2 nitrogen and oxygen atoms in total. The molecule has 1 heterocycles. The minimum atomic E-state index is -0.490. The van der Waals surface area contributed by atoms with Crippen molar-refractivity contribution in [2.24, 2.45) is 5.92 Å². The smallest absolute Gasteiger partial charge is 0.212 e. The van der Waals surface area contributed by atoms with Crippen molar-refractivity contribution >= 4 is 5.69 Å². The fraction of sp³-hybridized carbons (Fsp3) is 0.267. The van der Waals surface area contributed by atoms with E-state index in [0.29, 0.717) is 5.92 Å². The van der Waals surface area contributed by atoms with Gasteiger partial charge in [0.1, 0.15) is 5.82 Å². The van der Waals surface area contributed by atoms with Crippen LogP contribution in [0.25, 0.3) is 0 Å². The van der Waals surface area contributed by atoms with E-state index in [4.69, 9.17) is 0 Å². The molecule has 0 bridgehead atoms. The lowest BCUT2D eigenvalue weighted by molar-refractivity contribution is 0.583. The number of aromatic nitrogens is 1. The topological polar surface area (TPSA) is 24.9 Å². The number of pyridine rings is 1. The highest BCUT2D eigenvalue weighted by Crippen LogP contribution is 2.42. The lowest BCUT2D eigenvalue weighted by Gasteiger charge is -2.19. The molecule has 0 radical (unpaired) electrons. The van der Waals surface area contributed by atoms with Crippen molar-refractivity contribution in [3.8, 4) is 0 Å². The number of hydrogen-bond acceptors (Lipinski definition) is 2. The van der Waals surface area contributed by atoms with Gasteiger partial charge in [0.05, 0.1) is 17.9 Å². The van der Waals surface area contributed by atoms with Crippen LogP contribution < -0.4 is 5.32 Å². The van der Waals surface area contributed by atoms with E-state index in [0.717, 1.165) is 24.1 Å². The van der Waals surface area contributed by atoms with Crippen molar-refractivity contribution in [1.29, 1.82) is 0 Å². The van der Waals surface area contributed by atoms with E-state index in [-0.39, 0.29) is 11.9 Å². The van der Waals surface area contributed by atoms with Crippen LogP contribution in [0.5, 0.6) is 0 Å². The Labute approximate surface area is 110 Å². The quantitative estimate of drug-likeness (QED) is 0.843. The van der Waals surface area contributed by atoms with Crippen LogP contribution in [0.15, 0.2) is 42.6 Å². The van der Waals surface area contributed by atoms with Crippen molar-refractivity contribution in [2.75, 3.05) is 5.32 Å². The maximum atomic E-state index is 13.0. The molecule has 19 heavy (non-hydrogen) atoms. The van der Waals surface area contributed by atoms with Gasteiger partial charge < -0.3 is 5.32 Å². The third-order valence-corrected chi connectivity index (χ3v) is 3.37. The number of anilines is 1. The molecule has 1 aliphatic rings. The maximum absolute atomic E-state index is 13.0. The normalized spacial score (nSPS) is 16.1. The Hall–Kier alpha value is -1.97. The Morgan fingerprint density at radius 2 is 1.79 bits per heavy atom. The molecule has 0 amide bonds. The monoisotopic (exact) mass is 260 g/mol. The predicted octanol–water partition coefficient (Wildman–Crippen LogP) is 3.92. The summed E-state index contributed by atoms with van der Waals surface area (Å²) in [4.78, 5) is 3.63. The molecule has 1 aromatic carbocycles. The number of rotatable bonds is 4. The molecule has 3 rings (SSSR count). The van der Waals surface area contributed by atoms with Crippen molar-refractivity contribution in [3.63, 3.8) is 0 Å². The highest BCUT2D eigenvalue weighted by atomic mass is 19.1. The second-order valence-corrected chi connectivity index (χ2v) is 4.88. The van der Waals surface area contributed by atoms with Gasteiger partial charge in [-0.15, -0.1) is 0 Å². The molecule has 98 valence electrons. The van der Waals surface area contributed by atoms with Gasteiger partial charge in [0.25, 0.3) is 0 Å². The van der Waals surface area contributed by atoms with Gasteiger partial charge in [-0.05, 0) is 48.6 Å². The molecule has 4 heteroatoms. The van der Waals surface area contributed by atoms with E-state index >= 15 is 0 Å². The van der Waals surface area contributed by atoms with E-state index in [1.165, 1.54) is 24.4 Å². The maximum Gasteiger partial charge on any atom is 0.212 e. The van der Waals surface area contributed by atoms with E-state index < -0.39 is 5.95 Å². The molecule has 1 fully saturated rings. The van der Waals surface area contributed by atoms with Gasteiger partial charge in [0.2, 0.25) is 5.95 Å². The molecular formula is C15H14F2N2. The molecular weight excluding hydrogens is 246 g/mol. The Morgan fingerprint density at radius 1 is 1.05 bits per heavy atom. The average Bonchev–Trinajstić information content (AvgIpc) is 3.24. The molecule has 0 aliphatic heterocycles.